The topological polar surface area (TPSA) is 101 Å². The van der Waals surface area contributed by atoms with Gasteiger partial charge in [0.2, 0.25) is 15.9 Å². The molecule has 7 heteroatoms. The van der Waals surface area contributed by atoms with Crippen LogP contribution in [0, 0.1) is 5.41 Å². The van der Waals surface area contributed by atoms with Crippen molar-refractivity contribution in [3.05, 3.63) is 24.3 Å². The molecule has 1 amide bonds. The third-order valence-corrected chi connectivity index (χ3v) is 4.39. The first-order valence-electron chi connectivity index (χ1n) is 6.18. The summed E-state index contributed by atoms with van der Waals surface area (Å²) in [6.07, 6.45) is 0. The van der Waals surface area contributed by atoms with Gasteiger partial charge >= 0.3 is 0 Å². The second-order valence-corrected chi connectivity index (χ2v) is 7.39. The van der Waals surface area contributed by atoms with Gasteiger partial charge in [-0.05, 0) is 24.6 Å². The maximum Gasteiger partial charge on any atom is 0.242 e. The van der Waals surface area contributed by atoms with Crippen LogP contribution < -0.4 is 15.8 Å². The largest absolute Gasteiger partial charge is 0.323 e. The molecule has 0 bridgehead atoms. The average molecular weight is 299 g/mol. The molecule has 0 saturated carbocycles. The molecule has 0 spiro atoms. The number of anilines is 1. The number of sulfonamides is 1. The molecule has 0 aliphatic rings. The molecule has 0 heterocycles. The highest BCUT2D eigenvalue weighted by Crippen LogP contribution is 2.23. The number of hydrogen-bond donors (Lipinski definition) is 3. The van der Waals surface area contributed by atoms with Gasteiger partial charge in [0, 0.05) is 0 Å². The Morgan fingerprint density at radius 2 is 1.80 bits per heavy atom. The highest BCUT2D eigenvalue weighted by molar-refractivity contribution is 7.89. The minimum absolute atomic E-state index is 0.0111. The number of nitrogens with one attached hydrogen (secondary N) is 2. The van der Waals surface area contributed by atoms with Crippen molar-refractivity contribution >= 4 is 21.6 Å². The third-order valence-electron chi connectivity index (χ3n) is 2.92. The van der Waals surface area contributed by atoms with Gasteiger partial charge in [0.15, 0.2) is 0 Å². The third kappa shape index (κ3) is 3.78. The van der Waals surface area contributed by atoms with Gasteiger partial charge in [0.1, 0.15) is 4.90 Å². The maximum atomic E-state index is 12.1. The van der Waals surface area contributed by atoms with E-state index in [4.69, 9.17) is 5.73 Å². The van der Waals surface area contributed by atoms with Crippen molar-refractivity contribution in [1.82, 2.24) is 4.72 Å². The Kier molecular flexibility index (Phi) is 4.90. The number of nitrogens with two attached hydrogens (primary N) is 1. The van der Waals surface area contributed by atoms with Crippen LogP contribution >= 0.6 is 0 Å². The highest BCUT2D eigenvalue weighted by Gasteiger charge is 2.28. The fourth-order valence-electron chi connectivity index (χ4n) is 1.52. The van der Waals surface area contributed by atoms with Crippen LogP contribution in [0.2, 0.25) is 0 Å². The van der Waals surface area contributed by atoms with E-state index in [1.807, 2.05) is 20.8 Å². The van der Waals surface area contributed by atoms with Crippen molar-refractivity contribution in [3.8, 4) is 0 Å². The molecule has 0 unspecified atom stereocenters. The molecule has 0 saturated heterocycles. The normalized spacial score (nSPS) is 13.8. The molecule has 0 aliphatic carbocycles. The Morgan fingerprint density at radius 3 is 2.30 bits per heavy atom. The van der Waals surface area contributed by atoms with E-state index in [1.165, 1.54) is 19.2 Å². The van der Waals surface area contributed by atoms with E-state index in [0.717, 1.165) is 0 Å². The number of rotatable bonds is 4. The Hall–Kier alpha value is -1.44. The van der Waals surface area contributed by atoms with Gasteiger partial charge in [-0.1, -0.05) is 32.9 Å². The van der Waals surface area contributed by atoms with Crippen molar-refractivity contribution in [2.24, 2.45) is 11.1 Å². The number of carbonyl (C=O) groups excluding carboxylic acids is 1. The zero-order valence-electron chi connectivity index (χ0n) is 12.1. The van der Waals surface area contributed by atoms with E-state index in [-0.39, 0.29) is 10.6 Å². The molecule has 4 N–H and O–H groups in total. The molecule has 0 radical (unpaired) electrons. The van der Waals surface area contributed by atoms with Gasteiger partial charge in [0.05, 0.1) is 11.7 Å². The summed E-state index contributed by atoms with van der Waals surface area (Å²) in [5.74, 6) is -0.420. The van der Waals surface area contributed by atoms with Crippen molar-refractivity contribution in [3.63, 3.8) is 0 Å². The second kappa shape index (κ2) is 5.90. The summed E-state index contributed by atoms with van der Waals surface area (Å²) >= 11 is 0. The number of amides is 1. The van der Waals surface area contributed by atoms with Crippen LogP contribution in [-0.2, 0) is 14.8 Å². The Morgan fingerprint density at radius 1 is 1.25 bits per heavy atom. The first-order chi connectivity index (χ1) is 9.09. The lowest BCUT2D eigenvalue weighted by molar-refractivity contribution is -0.119. The molecule has 1 aromatic carbocycles. The van der Waals surface area contributed by atoms with E-state index >= 15 is 0 Å². The van der Waals surface area contributed by atoms with Crippen LogP contribution in [-0.4, -0.2) is 27.4 Å². The van der Waals surface area contributed by atoms with Gasteiger partial charge in [-0.25, -0.2) is 13.1 Å². The summed E-state index contributed by atoms with van der Waals surface area (Å²) in [7, 11) is -2.33. The van der Waals surface area contributed by atoms with Crippen molar-refractivity contribution in [2.45, 2.75) is 31.7 Å². The van der Waals surface area contributed by atoms with E-state index in [2.05, 4.69) is 10.0 Å². The van der Waals surface area contributed by atoms with E-state index < -0.39 is 27.4 Å². The van der Waals surface area contributed by atoms with Gasteiger partial charge in [-0.2, -0.15) is 0 Å². The summed E-state index contributed by atoms with van der Waals surface area (Å²) in [4.78, 5) is 12.1. The van der Waals surface area contributed by atoms with Crippen molar-refractivity contribution < 1.29 is 13.2 Å². The van der Waals surface area contributed by atoms with Crippen LogP contribution in [0.3, 0.4) is 0 Å². The molecular weight excluding hydrogens is 278 g/mol. The van der Waals surface area contributed by atoms with Gasteiger partial charge in [-0.3, -0.25) is 4.79 Å². The molecular formula is C13H21N3O3S. The summed E-state index contributed by atoms with van der Waals surface area (Å²) < 4.78 is 26.0. The number of para-hydroxylation sites is 1. The average Bonchev–Trinajstić information content (AvgIpc) is 2.37. The quantitative estimate of drug-likeness (QED) is 0.769. The fourth-order valence-corrected chi connectivity index (χ4v) is 2.40. The van der Waals surface area contributed by atoms with Gasteiger partial charge in [0.25, 0.3) is 0 Å². The molecule has 20 heavy (non-hydrogen) atoms. The molecule has 0 fully saturated rings. The molecule has 1 aromatic rings. The first kappa shape index (κ1) is 16.6. The lowest BCUT2D eigenvalue weighted by atomic mass is 9.87. The summed E-state index contributed by atoms with van der Waals surface area (Å²) in [5, 5.41) is 2.57. The molecule has 112 valence electrons. The smallest absolute Gasteiger partial charge is 0.242 e. The summed E-state index contributed by atoms with van der Waals surface area (Å²) in [6.45, 7) is 5.52. The van der Waals surface area contributed by atoms with Crippen LogP contribution in [0.1, 0.15) is 20.8 Å². The van der Waals surface area contributed by atoms with E-state index in [1.54, 1.807) is 12.1 Å². The Balaban J connectivity index is 3.09. The summed E-state index contributed by atoms with van der Waals surface area (Å²) in [5.41, 5.74) is 5.66. The SMILES string of the molecule is CNS(=O)(=O)c1ccccc1NC(=O)[C@H](N)C(C)(C)C. The highest BCUT2D eigenvalue weighted by atomic mass is 32.2. The minimum Gasteiger partial charge on any atom is -0.323 e. The Labute approximate surface area is 119 Å². The number of benzene rings is 1. The van der Waals surface area contributed by atoms with E-state index in [0.29, 0.717) is 0 Å². The molecule has 1 rings (SSSR count). The van der Waals surface area contributed by atoms with Gasteiger partial charge in [-0.15, -0.1) is 0 Å². The number of carbonyl (C=O) groups is 1. The maximum absolute atomic E-state index is 12.1. The lowest BCUT2D eigenvalue weighted by Crippen LogP contribution is -2.45. The second-order valence-electron chi connectivity index (χ2n) is 5.54. The standard InChI is InChI=1S/C13H21N3O3S/c1-13(2,3)11(14)12(17)16-9-7-5-6-8-10(9)20(18,19)15-4/h5-8,11,15H,14H2,1-4H3,(H,16,17)/t11-/m0/s1. The fraction of sp³-hybridized carbons (Fsp3) is 0.462. The predicted octanol–water partition coefficient (Wildman–Crippen LogP) is 0.907. The first-order valence-corrected chi connectivity index (χ1v) is 7.67. The molecule has 0 aromatic heterocycles. The van der Waals surface area contributed by atoms with E-state index in [9.17, 15) is 13.2 Å². The van der Waals surface area contributed by atoms with Crippen molar-refractivity contribution in [1.29, 1.82) is 0 Å². The molecule has 6 nitrogen and oxygen atoms in total. The van der Waals surface area contributed by atoms with Crippen LogP contribution in [0.25, 0.3) is 0 Å². The lowest BCUT2D eigenvalue weighted by Gasteiger charge is -2.26. The van der Waals surface area contributed by atoms with Crippen LogP contribution in [0.15, 0.2) is 29.2 Å². The predicted molar refractivity (Wildman–Crippen MR) is 78.7 cm³/mol. The van der Waals surface area contributed by atoms with Gasteiger partial charge < -0.3 is 11.1 Å². The summed E-state index contributed by atoms with van der Waals surface area (Å²) in [6, 6.07) is 5.44. The zero-order valence-corrected chi connectivity index (χ0v) is 12.9. The van der Waals surface area contributed by atoms with Crippen LogP contribution in [0.5, 0.6) is 0 Å². The number of hydrogen-bond acceptors (Lipinski definition) is 4. The zero-order chi connectivity index (χ0) is 15.6. The monoisotopic (exact) mass is 299 g/mol. The molecule has 1 atom stereocenters. The van der Waals surface area contributed by atoms with Crippen molar-refractivity contribution in [2.75, 3.05) is 12.4 Å². The van der Waals surface area contributed by atoms with Crippen LogP contribution in [0.4, 0.5) is 5.69 Å². The molecule has 0 aliphatic heterocycles. The minimum atomic E-state index is -3.64. The Bertz CT molecular complexity index is 591.